The second kappa shape index (κ2) is 6.51. The number of nitrogens with two attached hydrogens (primary N) is 1. The maximum Gasteiger partial charge on any atom is 0.231 e. The van der Waals surface area contributed by atoms with Gasteiger partial charge in [-0.05, 0) is 38.5 Å². The van der Waals surface area contributed by atoms with Gasteiger partial charge in [0.05, 0.1) is 5.92 Å². The van der Waals surface area contributed by atoms with Gasteiger partial charge in [0.2, 0.25) is 5.89 Å². The van der Waals surface area contributed by atoms with Crippen molar-refractivity contribution in [2.75, 3.05) is 0 Å². The molecule has 1 aliphatic carbocycles. The van der Waals surface area contributed by atoms with E-state index in [-0.39, 0.29) is 12.0 Å². The topological polar surface area (TPSA) is 64.9 Å². The smallest absolute Gasteiger partial charge is 0.231 e. The Bertz CT molecular complexity index is 380. The second-order valence-corrected chi connectivity index (χ2v) is 6.14. The summed E-state index contributed by atoms with van der Waals surface area (Å²) >= 11 is 0. The molecule has 2 atom stereocenters. The quantitative estimate of drug-likeness (QED) is 0.883. The van der Waals surface area contributed by atoms with Crippen LogP contribution in [-0.2, 0) is 0 Å². The third-order valence-electron chi connectivity index (χ3n) is 4.54. The Morgan fingerprint density at radius 2 is 1.95 bits per heavy atom. The van der Waals surface area contributed by atoms with E-state index in [2.05, 4.69) is 17.1 Å². The Labute approximate surface area is 116 Å². The van der Waals surface area contributed by atoms with E-state index in [0.29, 0.717) is 11.8 Å². The highest BCUT2D eigenvalue weighted by Crippen LogP contribution is 2.36. The predicted molar refractivity (Wildman–Crippen MR) is 76.0 cm³/mol. The molecule has 2 rings (SSSR count). The molecule has 1 aromatic rings. The first-order valence-electron chi connectivity index (χ1n) is 7.70. The number of hydrogen-bond donors (Lipinski definition) is 1. The fraction of sp³-hybridized carbons (Fsp3) is 0.867. The first kappa shape index (κ1) is 14.5. The average molecular weight is 265 g/mol. The van der Waals surface area contributed by atoms with E-state index in [9.17, 15) is 0 Å². The van der Waals surface area contributed by atoms with Crippen LogP contribution in [-0.4, -0.2) is 16.2 Å². The Morgan fingerprint density at radius 3 is 2.53 bits per heavy atom. The largest absolute Gasteiger partial charge is 0.339 e. The van der Waals surface area contributed by atoms with Crippen LogP contribution in [0.1, 0.15) is 82.8 Å². The molecule has 0 aromatic carbocycles. The molecule has 4 nitrogen and oxygen atoms in total. The van der Waals surface area contributed by atoms with E-state index >= 15 is 0 Å². The van der Waals surface area contributed by atoms with E-state index in [1.54, 1.807) is 0 Å². The Hall–Kier alpha value is -0.900. The molecule has 1 heterocycles. The van der Waals surface area contributed by atoms with Crippen LogP contribution in [0.2, 0.25) is 0 Å². The van der Waals surface area contributed by atoms with Gasteiger partial charge in [-0.3, -0.25) is 0 Å². The van der Waals surface area contributed by atoms with E-state index in [1.807, 2.05) is 13.8 Å². The standard InChI is InChI=1S/C15H27N3O/c1-4-5-12-6-8-13(9-7-12)14-17-15(19-18-14)10(2)11(3)16/h10-13H,4-9,16H2,1-3H3. The van der Waals surface area contributed by atoms with Crippen molar-refractivity contribution in [2.45, 2.75) is 77.2 Å². The van der Waals surface area contributed by atoms with Gasteiger partial charge in [-0.15, -0.1) is 0 Å². The van der Waals surface area contributed by atoms with Crippen LogP contribution < -0.4 is 5.73 Å². The van der Waals surface area contributed by atoms with Gasteiger partial charge in [-0.2, -0.15) is 4.98 Å². The van der Waals surface area contributed by atoms with Crippen LogP contribution in [0.5, 0.6) is 0 Å². The van der Waals surface area contributed by atoms with Crippen LogP contribution in [0, 0.1) is 5.92 Å². The van der Waals surface area contributed by atoms with Crippen molar-refractivity contribution in [3.63, 3.8) is 0 Å². The lowest BCUT2D eigenvalue weighted by atomic mass is 9.80. The van der Waals surface area contributed by atoms with Gasteiger partial charge in [0.1, 0.15) is 0 Å². The molecule has 1 aliphatic rings. The van der Waals surface area contributed by atoms with Crippen molar-refractivity contribution in [2.24, 2.45) is 11.7 Å². The van der Waals surface area contributed by atoms with Crippen molar-refractivity contribution in [3.05, 3.63) is 11.7 Å². The first-order chi connectivity index (χ1) is 9.11. The molecule has 4 heteroatoms. The van der Waals surface area contributed by atoms with Crippen molar-refractivity contribution in [3.8, 4) is 0 Å². The fourth-order valence-corrected chi connectivity index (χ4v) is 2.94. The van der Waals surface area contributed by atoms with Crippen molar-refractivity contribution in [1.29, 1.82) is 0 Å². The Balaban J connectivity index is 1.93. The Kier molecular flexibility index (Phi) is 4.97. The molecule has 2 N–H and O–H groups in total. The molecule has 1 aromatic heterocycles. The minimum Gasteiger partial charge on any atom is -0.339 e. The summed E-state index contributed by atoms with van der Waals surface area (Å²) in [4.78, 5) is 4.57. The van der Waals surface area contributed by atoms with E-state index in [0.717, 1.165) is 11.7 Å². The highest BCUT2D eigenvalue weighted by atomic mass is 16.5. The van der Waals surface area contributed by atoms with Crippen LogP contribution in [0.3, 0.4) is 0 Å². The van der Waals surface area contributed by atoms with Gasteiger partial charge in [-0.25, -0.2) is 0 Å². The minimum absolute atomic E-state index is 0.0496. The molecule has 0 saturated heterocycles. The number of hydrogen-bond acceptors (Lipinski definition) is 4. The maximum atomic E-state index is 5.88. The predicted octanol–water partition coefficient (Wildman–Crippen LogP) is 3.59. The SMILES string of the molecule is CCCC1CCC(c2noc(C(C)C(C)N)n2)CC1. The molecule has 0 aliphatic heterocycles. The fourth-order valence-electron chi connectivity index (χ4n) is 2.94. The summed E-state index contributed by atoms with van der Waals surface area (Å²) in [5.74, 6) is 3.14. The number of rotatable bonds is 5. The zero-order chi connectivity index (χ0) is 13.8. The maximum absolute atomic E-state index is 5.88. The van der Waals surface area contributed by atoms with E-state index in [4.69, 9.17) is 10.3 Å². The first-order valence-corrected chi connectivity index (χ1v) is 7.70. The van der Waals surface area contributed by atoms with Gasteiger partial charge in [0, 0.05) is 12.0 Å². The molecule has 0 bridgehead atoms. The zero-order valence-electron chi connectivity index (χ0n) is 12.4. The summed E-state index contributed by atoms with van der Waals surface area (Å²) in [5, 5.41) is 4.17. The number of aromatic nitrogens is 2. The van der Waals surface area contributed by atoms with Crippen molar-refractivity contribution >= 4 is 0 Å². The summed E-state index contributed by atoms with van der Waals surface area (Å²) in [6, 6.07) is 0.0496. The van der Waals surface area contributed by atoms with Crippen molar-refractivity contribution in [1.82, 2.24) is 10.1 Å². The van der Waals surface area contributed by atoms with Crippen LogP contribution in [0.4, 0.5) is 0 Å². The van der Waals surface area contributed by atoms with Gasteiger partial charge in [0.25, 0.3) is 0 Å². The van der Waals surface area contributed by atoms with Gasteiger partial charge >= 0.3 is 0 Å². The summed E-state index contributed by atoms with van der Waals surface area (Å²) < 4.78 is 5.37. The second-order valence-electron chi connectivity index (χ2n) is 6.14. The van der Waals surface area contributed by atoms with E-state index < -0.39 is 0 Å². The zero-order valence-corrected chi connectivity index (χ0v) is 12.4. The molecule has 2 unspecified atom stereocenters. The third-order valence-corrected chi connectivity index (χ3v) is 4.54. The van der Waals surface area contributed by atoms with Crippen LogP contribution in [0.15, 0.2) is 4.52 Å². The Morgan fingerprint density at radius 1 is 1.26 bits per heavy atom. The molecule has 0 amide bonds. The average Bonchev–Trinajstić information content (AvgIpc) is 2.88. The molecule has 108 valence electrons. The van der Waals surface area contributed by atoms with Crippen molar-refractivity contribution < 1.29 is 4.52 Å². The molecule has 19 heavy (non-hydrogen) atoms. The normalized spacial score (nSPS) is 27.2. The lowest BCUT2D eigenvalue weighted by Gasteiger charge is -2.26. The highest BCUT2D eigenvalue weighted by Gasteiger charge is 2.26. The van der Waals surface area contributed by atoms with E-state index in [1.165, 1.54) is 38.5 Å². The summed E-state index contributed by atoms with van der Waals surface area (Å²) in [6.07, 6.45) is 7.70. The highest BCUT2D eigenvalue weighted by molar-refractivity contribution is 5.01. The van der Waals surface area contributed by atoms with Gasteiger partial charge < -0.3 is 10.3 Å². The lowest BCUT2D eigenvalue weighted by molar-refractivity contribution is 0.293. The molecular weight excluding hydrogens is 238 g/mol. The lowest BCUT2D eigenvalue weighted by Crippen LogP contribution is -2.22. The third kappa shape index (κ3) is 3.56. The minimum atomic E-state index is 0.0496. The van der Waals surface area contributed by atoms with Gasteiger partial charge in [0.15, 0.2) is 5.82 Å². The van der Waals surface area contributed by atoms with Crippen LogP contribution in [0.25, 0.3) is 0 Å². The molecule has 0 radical (unpaired) electrons. The number of nitrogens with zero attached hydrogens (tertiary/aromatic N) is 2. The monoisotopic (exact) mass is 265 g/mol. The molecule has 1 saturated carbocycles. The molecule has 0 spiro atoms. The molecule has 1 fully saturated rings. The van der Waals surface area contributed by atoms with Crippen LogP contribution >= 0.6 is 0 Å². The molecular formula is C15H27N3O. The summed E-state index contributed by atoms with van der Waals surface area (Å²) in [7, 11) is 0. The van der Waals surface area contributed by atoms with Gasteiger partial charge in [-0.1, -0.05) is 31.8 Å². The summed E-state index contributed by atoms with van der Waals surface area (Å²) in [6.45, 7) is 6.29. The summed E-state index contributed by atoms with van der Waals surface area (Å²) in [5.41, 5.74) is 5.88.